The fraction of sp³-hybridized carbons (Fsp3) is 0.571. The lowest BCUT2D eigenvalue weighted by molar-refractivity contribution is 0.0787. The van der Waals surface area contributed by atoms with Crippen LogP contribution in [0.4, 0.5) is 0 Å². The van der Waals surface area contributed by atoms with Crippen LogP contribution in [0, 0.1) is 5.92 Å². The van der Waals surface area contributed by atoms with E-state index in [1.54, 1.807) is 17.2 Å². The Labute approximate surface area is 125 Å². The number of carbonyl (C=O) groups is 1. The molecule has 1 aliphatic rings. The summed E-state index contributed by atoms with van der Waals surface area (Å²) in [6.45, 7) is 5.08. The van der Waals surface area contributed by atoms with Crippen LogP contribution in [-0.2, 0) is 10.0 Å². The maximum atomic E-state index is 12.3. The van der Waals surface area contributed by atoms with E-state index in [9.17, 15) is 13.2 Å². The van der Waals surface area contributed by atoms with E-state index in [1.807, 2.05) is 19.9 Å². The molecule has 21 heavy (non-hydrogen) atoms. The van der Waals surface area contributed by atoms with Crippen LogP contribution in [0.2, 0.25) is 0 Å². The van der Waals surface area contributed by atoms with Gasteiger partial charge in [-0.1, -0.05) is 13.8 Å². The Morgan fingerprint density at radius 3 is 2.71 bits per heavy atom. The molecule has 1 aliphatic heterocycles. The van der Waals surface area contributed by atoms with Gasteiger partial charge in [0.15, 0.2) is 0 Å². The Bertz CT molecular complexity index is 611. The first-order chi connectivity index (χ1) is 9.76. The highest BCUT2D eigenvalue weighted by molar-refractivity contribution is 7.89. The molecule has 0 spiro atoms. The predicted molar refractivity (Wildman–Crippen MR) is 80.3 cm³/mol. The molecule has 116 valence electrons. The molecule has 2 N–H and O–H groups in total. The molecule has 0 bridgehead atoms. The summed E-state index contributed by atoms with van der Waals surface area (Å²) in [4.78, 5) is 18.3. The molecule has 2 heterocycles. The molecule has 1 aromatic rings. The monoisotopic (exact) mass is 311 g/mol. The second-order valence-corrected chi connectivity index (χ2v) is 7.52. The molecule has 1 saturated heterocycles. The van der Waals surface area contributed by atoms with E-state index in [4.69, 9.17) is 5.14 Å². The van der Waals surface area contributed by atoms with Gasteiger partial charge in [-0.25, -0.2) is 13.6 Å². The van der Waals surface area contributed by atoms with E-state index in [-0.39, 0.29) is 17.6 Å². The summed E-state index contributed by atoms with van der Waals surface area (Å²) in [5.74, 6) is 0.0723. The molecular formula is C14H21N3O3S. The number of hydrogen-bond acceptors (Lipinski definition) is 4. The summed E-state index contributed by atoms with van der Waals surface area (Å²) < 4.78 is 22.2. The van der Waals surface area contributed by atoms with Crippen LogP contribution in [-0.4, -0.2) is 43.1 Å². The van der Waals surface area contributed by atoms with Crippen molar-refractivity contribution in [1.29, 1.82) is 0 Å². The number of sulfonamides is 1. The molecule has 1 unspecified atom stereocenters. The number of nitrogens with zero attached hydrogens (tertiary/aromatic N) is 2. The number of amides is 1. The van der Waals surface area contributed by atoms with Gasteiger partial charge in [0.2, 0.25) is 10.0 Å². The highest BCUT2D eigenvalue weighted by Crippen LogP contribution is 2.20. The molecule has 6 nitrogen and oxygen atoms in total. The summed E-state index contributed by atoms with van der Waals surface area (Å²) in [5, 5.41) is 5.05. The van der Waals surface area contributed by atoms with Crippen molar-refractivity contribution in [3.63, 3.8) is 0 Å². The van der Waals surface area contributed by atoms with Gasteiger partial charge in [-0.05, 0) is 30.4 Å². The maximum Gasteiger partial charge on any atom is 0.255 e. The molecule has 1 fully saturated rings. The van der Waals surface area contributed by atoms with Gasteiger partial charge in [0.1, 0.15) is 0 Å². The lowest BCUT2D eigenvalue weighted by Gasteiger charge is -2.16. The van der Waals surface area contributed by atoms with Gasteiger partial charge in [0, 0.05) is 25.0 Å². The molecule has 2 rings (SSSR count). The van der Waals surface area contributed by atoms with Gasteiger partial charge >= 0.3 is 0 Å². The zero-order valence-corrected chi connectivity index (χ0v) is 13.1. The summed E-state index contributed by atoms with van der Waals surface area (Å²) >= 11 is 0. The Hall–Kier alpha value is -1.47. The molecule has 7 heteroatoms. The minimum atomic E-state index is -3.49. The quantitative estimate of drug-likeness (QED) is 0.896. The van der Waals surface area contributed by atoms with E-state index in [0.29, 0.717) is 31.0 Å². The Morgan fingerprint density at radius 1 is 1.48 bits per heavy atom. The van der Waals surface area contributed by atoms with Crippen molar-refractivity contribution in [1.82, 2.24) is 9.88 Å². The van der Waals surface area contributed by atoms with Crippen LogP contribution in [0.15, 0.2) is 18.3 Å². The Balaban J connectivity index is 2.01. The third-order valence-electron chi connectivity index (χ3n) is 3.67. The van der Waals surface area contributed by atoms with Crippen molar-refractivity contribution in [3.8, 4) is 0 Å². The number of rotatable bonds is 4. The first kappa shape index (κ1) is 15.9. The predicted octanol–water partition coefficient (Wildman–Crippen LogP) is 0.956. The van der Waals surface area contributed by atoms with Crippen molar-refractivity contribution in [3.05, 3.63) is 29.6 Å². The van der Waals surface area contributed by atoms with E-state index in [2.05, 4.69) is 4.98 Å². The topological polar surface area (TPSA) is 93.4 Å². The summed E-state index contributed by atoms with van der Waals surface area (Å²) in [6, 6.07) is 3.63. The number of hydrogen-bond donors (Lipinski definition) is 1. The Kier molecular flexibility index (Phi) is 4.63. The maximum absolute atomic E-state index is 12.3. The van der Waals surface area contributed by atoms with Gasteiger partial charge < -0.3 is 4.90 Å². The molecule has 0 aromatic carbocycles. The smallest absolute Gasteiger partial charge is 0.255 e. The number of nitrogens with two attached hydrogens (primary N) is 1. The van der Waals surface area contributed by atoms with Gasteiger partial charge in [-0.3, -0.25) is 9.78 Å². The number of likely N-dealkylation sites (tertiary alicyclic amines) is 1. The number of pyridine rings is 1. The largest absolute Gasteiger partial charge is 0.338 e. The molecule has 0 aliphatic carbocycles. The van der Waals surface area contributed by atoms with Crippen molar-refractivity contribution in [2.45, 2.75) is 26.2 Å². The van der Waals surface area contributed by atoms with Crippen molar-refractivity contribution in [2.24, 2.45) is 11.1 Å². The lowest BCUT2D eigenvalue weighted by Crippen LogP contribution is -2.30. The van der Waals surface area contributed by atoms with Gasteiger partial charge in [0.25, 0.3) is 5.91 Å². The van der Waals surface area contributed by atoms with E-state index < -0.39 is 10.0 Å². The van der Waals surface area contributed by atoms with Crippen molar-refractivity contribution < 1.29 is 13.2 Å². The molecule has 1 amide bonds. The van der Waals surface area contributed by atoms with E-state index in [1.165, 1.54) is 0 Å². The third kappa shape index (κ3) is 4.25. The summed E-state index contributed by atoms with van der Waals surface area (Å²) in [7, 11) is -3.49. The van der Waals surface area contributed by atoms with E-state index in [0.717, 1.165) is 5.69 Å². The van der Waals surface area contributed by atoms with Gasteiger partial charge in [-0.15, -0.1) is 0 Å². The first-order valence-corrected chi connectivity index (χ1v) is 8.73. The van der Waals surface area contributed by atoms with Crippen molar-refractivity contribution >= 4 is 15.9 Å². The second kappa shape index (κ2) is 6.11. The molecule has 1 atom stereocenters. The molecule has 1 aromatic heterocycles. The van der Waals surface area contributed by atoms with Crippen LogP contribution >= 0.6 is 0 Å². The summed E-state index contributed by atoms with van der Waals surface area (Å²) in [6.07, 6.45) is 2.25. The summed E-state index contributed by atoms with van der Waals surface area (Å²) in [5.41, 5.74) is 1.48. The minimum absolute atomic E-state index is 0.0681. The molecular weight excluding hydrogens is 290 g/mol. The van der Waals surface area contributed by atoms with Crippen LogP contribution in [0.5, 0.6) is 0 Å². The highest BCUT2D eigenvalue weighted by atomic mass is 32.2. The van der Waals surface area contributed by atoms with Crippen LogP contribution in [0.25, 0.3) is 0 Å². The number of primary sulfonamides is 1. The average Bonchev–Trinajstić information content (AvgIpc) is 2.84. The second-order valence-electron chi connectivity index (χ2n) is 5.86. The van der Waals surface area contributed by atoms with Gasteiger partial charge in [-0.2, -0.15) is 0 Å². The first-order valence-electron chi connectivity index (χ1n) is 7.02. The number of carbonyl (C=O) groups excluding carboxylic acids is 1. The zero-order chi connectivity index (χ0) is 15.6. The van der Waals surface area contributed by atoms with Crippen LogP contribution in [0.1, 0.15) is 42.2 Å². The molecule has 0 radical (unpaired) electrons. The standard InChI is InChI=1S/C14H21N3O3S/c1-10(2)13-4-3-12(7-16-13)14(18)17-6-5-11(8-17)9-21(15,19)20/h3-4,7,10-11H,5-6,8-9H2,1-2H3,(H2,15,19,20). The highest BCUT2D eigenvalue weighted by Gasteiger charge is 2.29. The molecule has 0 saturated carbocycles. The average molecular weight is 311 g/mol. The SMILES string of the molecule is CC(C)c1ccc(C(=O)N2CCC(CS(N)(=O)=O)C2)cn1. The minimum Gasteiger partial charge on any atom is -0.338 e. The van der Waals surface area contributed by atoms with Crippen molar-refractivity contribution in [2.75, 3.05) is 18.8 Å². The third-order valence-corrected chi connectivity index (χ3v) is 4.60. The number of aromatic nitrogens is 1. The van der Waals surface area contributed by atoms with Gasteiger partial charge in [0.05, 0.1) is 11.3 Å². The fourth-order valence-electron chi connectivity index (χ4n) is 2.54. The lowest BCUT2D eigenvalue weighted by atomic mass is 10.1. The fourth-order valence-corrected chi connectivity index (χ4v) is 3.47. The normalized spacial score (nSPS) is 19.2. The van der Waals surface area contributed by atoms with Crippen LogP contribution in [0.3, 0.4) is 0 Å². The Morgan fingerprint density at radius 2 is 2.19 bits per heavy atom. The zero-order valence-electron chi connectivity index (χ0n) is 12.3. The van der Waals surface area contributed by atoms with E-state index >= 15 is 0 Å². The van der Waals surface area contributed by atoms with Crippen LogP contribution < -0.4 is 5.14 Å².